The summed E-state index contributed by atoms with van der Waals surface area (Å²) >= 11 is 0. The van der Waals surface area contributed by atoms with E-state index in [1.807, 2.05) is 6.07 Å². The SMILES string of the molecule is CC(C)(C)S(=O)(=O)N[C@@H]1CCC[C@H](c2ccccc2)C1. The molecule has 20 heavy (non-hydrogen) atoms. The van der Waals surface area contributed by atoms with E-state index in [1.54, 1.807) is 20.8 Å². The average molecular weight is 295 g/mol. The minimum atomic E-state index is -3.25. The molecule has 112 valence electrons. The van der Waals surface area contributed by atoms with Crippen molar-refractivity contribution < 1.29 is 8.42 Å². The second kappa shape index (κ2) is 5.86. The third-order valence-electron chi connectivity index (χ3n) is 4.07. The summed E-state index contributed by atoms with van der Waals surface area (Å²) in [6, 6.07) is 10.5. The maximum atomic E-state index is 12.3. The van der Waals surface area contributed by atoms with E-state index in [2.05, 4.69) is 29.0 Å². The Labute approximate surface area is 122 Å². The third-order valence-corrected chi connectivity index (χ3v) is 6.33. The maximum absolute atomic E-state index is 12.3. The van der Waals surface area contributed by atoms with Gasteiger partial charge in [0.1, 0.15) is 0 Å². The number of sulfonamides is 1. The smallest absolute Gasteiger partial charge is 0.212 e. The number of rotatable bonds is 3. The van der Waals surface area contributed by atoms with Crippen LogP contribution in [0.5, 0.6) is 0 Å². The average Bonchev–Trinajstić information content (AvgIpc) is 2.38. The second-order valence-electron chi connectivity index (χ2n) is 6.70. The van der Waals surface area contributed by atoms with Crippen LogP contribution in [0.25, 0.3) is 0 Å². The molecule has 0 aromatic heterocycles. The molecule has 2 atom stereocenters. The molecule has 1 fully saturated rings. The molecule has 0 bridgehead atoms. The molecule has 0 radical (unpaired) electrons. The Morgan fingerprint density at radius 1 is 1.10 bits per heavy atom. The van der Waals surface area contributed by atoms with Gasteiger partial charge in [0.15, 0.2) is 0 Å². The summed E-state index contributed by atoms with van der Waals surface area (Å²) in [6.45, 7) is 5.23. The van der Waals surface area contributed by atoms with Crippen LogP contribution >= 0.6 is 0 Å². The summed E-state index contributed by atoms with van der Waals surface area (Å²) in [5.74, 6) is 0.470. The predicted octanol–water partition coefficient (Wildman–Crippen LogP) is 3.43. The van der Waals surface area contributed by atoms with Crippen LogP contribution in [0, 0.1) is 0 Å². The van der Waals surface area contributed by atoms with Crippen LogP contribution < -0.4 is 4.72 Å². The van der Waals surface area contributed by atoms with Gasteiger partial charge in [-0.15, -0.1) is 0 Å². The van der Waals surface area contributed by atoms with Gasteiger partial charge in [-0.2, -0.15) is 0 Å². The van der Waals surface area contributed by atoms with E-state index >= 15 is 0 Å². The minimum absolute atomic E-state index is 0.0678. The van der Waals surface area contributed by atoms with Gasteiger partial charge in [-0.05, 0) is 51.5 Å². The first-order valence-electron chi connectivity index (χ1n) is 7.36. The van der Waals surface area contributed by atoms with Crippen molar-refractivity contribution in [2.45, 2.75) is 63.2 Å². The van der Waals surface area contributed by atoms with Crippen molar-refractivity contribution in [2.75, 3.05) is 0 Å². The van der Waals surface area contributed by atoms with Crippen LogP contribution in [0.3, 0.4) is 0 Å². The van der Waals surface area contributed by atoms with Gasteiger partial charge in [0.05, 0.1) is 4.75 Å². The Balaban J connectivity index is 2.05. The molecule has 0 heterocycles. The van der Waals surface area contributed by atoms with Gasteiger partial charge in [-0.3, -0.25) is 0 Å². The first-order chi connectivity index (χ1) is 9.29. The molecule has 0 saturated heterocycles. The van der Waals surface area contributed by atoms with Gasteiger partial charge >= 0.3 is 0 Å². The van der Waals surface area contributed by atoms with Crippen molar-refractivity contribution in [3.8, 4) is 0 Å². The molecule has 0 amide bonds. The summed E-state index contributed by atoms with van der Waals surface area (Å²) < 4.78 is 26.7. The molecule has 0 unspecified atom stereocenters. The van der Waals surface area contributed by atoms with E-state index in [4.69, 9.17) is 0 Å². The van der Waals surface area contributed by atoms with Gasteiger partial charge in [-0.1, -0.05) is 36.8 Å². The molecule has 1 aromatic rings. The van der Waals surface area contributed by atoms with E-state index in [0.29, 0.717) is 5.92 Å². The first kappa shape index (κ1) is 15.5. The highest BCUT2D eigenvalue weighted by Crippen LogP contribution is 2.33. The number of nitrogens with one attached hydrogen (secondary N) is 1. The zero-order valence-electron chi connectivity index (χ0n) is 12.6. The number of hydrogen-bond donors (Lipinski definition) is 1. The highest BCUT2D eigenvalue weighted by molar-refractivity contribution is 7.90. The molecule has 1 aliphatic carbocycles. The molecule has 3 nitrogen and oxygen atoms in total. The van der Waals surface area contributed by atoms with Crippen molar-refractivity contribution in [1.29, 1.82) is 0 Å². The van der Waals surface area contributed by atoms with Gasteiger partial charge in [0.2, 0.25) is 10.0 Å². The summed E-state index contributed by atoms with van der Waals surface area (Å²) in [4.78, 5) is 0. The quantitative estimate of drug-likeness (QED) is 0.928. The Morgan fingerprint density at radius 2 is 1.75 bits per heavy atom. The number of hydrogen-bond acceptors (Lipinski definition) is 2. The molecular weight excluding hydrogens is 270 g/mol. The zero-order chi connectivity index (χ0) is 14.8. The van der Waals surface area contributed by atoms with E-state index in [1.165, 1.54) is 5.56 Å². The summed E-state index contributed by atoms with van der Waals surface area (Å²) in [5.41, 5.74) is 1.33. The van der Waals surface area contributed by atoms with Crippen LogP contribution in [0.2, 0.25) is 0 Å². The van der Waals surface area contributed by atoms with Crippen molar-refractivity contribution >= 4 is 10.0 Å². The molecule has 1 N–H and O–H groups in total. The highest BCUT2D eigenvalue weighted by Gasteiger charge is 2.33. The van der Waals surface area contributed by atoms with Crippen LogP contribution in [-0.4, -0.2) is 19.2 Å². The topological polar surface area (TPSA) is 46.2 Å². The molecule has 0 spiro atoms. The predicted molar refractivity (Wildman–Crippen MR) is 83.2 cm³/mol. The van der Waals surface area contributed by atoms with Crippen LogP contribution in [-0.2, 0) is 10.0 Å². The molecule has 2 rings (SSSR count). The van der Waals surface area contributed by atoms with Crippen molar-refractivity contribution in [2.24, 2.45) is 0 Å². The van der Waals surface area contributed by atoms with Crippen LogP contribution in [0.15, 0.2) is 30.3 Å². The van der Waals surface area contributed by atoms with Crippen LogP contribution in [0.4, 0.5) is 0 Å². The lowest BCUT2D eigenvalue weighted by Gasteiger charge is -2.32. The summed E-state index contributed by atoms with van der Waals surface area (Å²) in [7, 11) is -3.25. The lowest BCUT2D eigenvalue weighted by atomic mass is 9.82. The molecule has 4 heteroatoms. The van der Waals surface area contributed by atoms with Crippen molar-refractivity contribution in [1.82, 2.24) is 4.72 Å². The maximum Gasteiger partial charge on any atom is 0.216 e. The van der Waals surface area contributed by atoms with Crippen molar-refractivity contribution in [3.05, 3.63) is 35.9 Å². The monoisotopic (exact) mass is 295 g/mol. The van der Waals surface area contributed by atoms with Gasteiger partial charge in [0.25, 0.3) is 0 Å². The van der Waals surface area contributed by atoms with E-state index in [0.717, 1.165) is 25.7 Å². The second-order valence-corrected chi connectivity index (χ2v) is 9.17. The minimum Gasteiger partial charge on any atom is -0.212 e. The Morgan fingerprint density at radius 3 is 2.35 bits per heavy atom. The number of benzene rings is 1. The van der Waals surface area contributed by atoms with Gasteiger partial charge < -0.3 is 0 Å². The molecular formula is C16H25NO2S. The fourth-order valence-corrected chi connectivity index (χ4v) is 3.73. The summed E-state index contributed by atoms with van der Waals surface area (Å²) in [5, 5.41) is 0. The largest absolute Gasteiger partial charge is 0.216 e. The Kier molecular flexibility index (Phi) is 4.55. The van der Waals surface area contributed by atoms with E-state index < -0.39 is 14.8 Å². The van der Waals surface area contributed by atoms with Gasteiger partial charge in [-0.25, -0.2) is 13.1 Å². The normalized spacial score (nSPS) is 24.6. The zero-order valence-corrected chi connectivity index (χ0v) is 13.4. The van der Waals surface area contributed by atoms with E-state index in [9.17, 15) is 8.42 Å². The molecule has 1 saturated carbocycles. The molecule has 1 aromatic carbocycles. The fourth-order valence-electron chi connectivity index (χ4n) is 2.72. The third kappa shape index (κ3) is 3.61. The lowest BCUT2D eigenvalue weighted by Crippen LogP contribution is -2.46. The fraction of sp³-hybridized carbons (Fsp3) is 0.625. The Bertz CT molecular complexity index is 531. The Hall–Kier alpha value is -0.870. The molecule has 1 aliphatic rings. The summed E-state index contributed by atoms with van der Waals surface area (Å²) in [6.07, 6.45) is 4.08. The lowest BCUT2D eigenvalue weighted by molar-refractivity contribution is 0.368. The van der Waals surface area contributed by atoms with Crippen molar-refractivity contribution in [3.63, 3.8) is 0 Å². The first-order valence-corrected chi connectivity index (χ1v) is 8.85. The highest BCUT2D eigenvalue weighted by atomic mass is 32.2. The standard InChI is InChI=1S/C16H25NO2S/c1-16(2,3)20(18,19)17-15-11-7-10-14(12-15)13-8-5-4-6-9-13/h4-6,8-9,14-15,17H,7,10-12H2,1-3H3/t14-,15+/m0/s1. The molecule has 0 aliphatic heterocycles. The van der Waals surface area contributed by atoms with Crippen LogP contribution in [0.1, 0.15) is 57.9 Å². The van der Waals surface area contributed by atoms with E-state index in [-0.39, 0.29) is 6.04 Å². The van der Waals surface area contributed by atoms with Gasteiger partial charge in [0, 0.05) is 6.04 Å².